The van der Waals surface area contributed by atoms with Crippen molar-refractivity contribution in [1.82, 2.24) is 9.97 Å². The van der Waals surface area contributed by atoms with Gasteiger partial charge in [-0.1, -0.05) is 29.3 Å². The molecule has 0 fully saturated rings. The summed E-state index contributed by atoms with van der Waals surface area (Å²) >= 11 is 12.5. The van der Waals surface area contributed by atoms with E-state index < -0.39 is 17.6 Å². The van der Waals surface area contributed by atoms with Crippen molar-refractivity contribution in [3.05, 3.63) is 58.2 Å². The third-order valence-corrected chi connectivity index (χ3v) is 4.91. The summed E-state index contributed by atoms with van der Waals surface area (Å²) in [6, 6.07) is 9.76. The van der Waals surface area contributed by atoms with Crippen LogP contribution in [0, 0.1) is 0 Å². The van der Waals surface area contributed by atoms with Crippen LogP contribution in [0.4, 0.5) is 36.3 Å². The average molecular weight is 443 g/mol. The molecule has 2 heterocycles. The molecule has 0 spiro atoms. The van der Waals surface area contributed by atoms with Crippen LogP contribution in [-0.2, 0) is 6.18 Å². The Hall–Kier alpha value is -2.91. The Morgan fingerprint density at radius 2 is 1.83 bits per heavy atom. The molecular formula is C18H11Cl2F3N4O2. The summed E-state index contributed by atoms with van der Waals surface area (Å²) in [7, 11) is 0. The molecule has 6 nitrogen and oxygen atoms in total. The zero-order valence-electron chi connectivity index (χ0n) is 14.4. The largest absolute Gasteiger partial charge is 0.454 e. The second-order valence-corrected chi connectivity index (χ2v) is 6.70. The van der Waals surface area contributed by atoms with Gasteiger partial charge in [0.1, 0.15) is 11.4 Å². The molecule has 1 aliphatic rings. The number of anilines is 4. The molecule has 11 heteroatoms. The molecule has 4 rings (SSSR count). The van der Waals surface area contributed by atoms with Crippen LogP contribution in [0.5, 0.6) is 11.5 Å². The van der Waals surface area contributed by atoms with Crippen LogP contribution in [0.1, 0.15) is 5.56 Å². The second kappa shape index (κ2) is 7.16. The van der Waals surface area contributed by atoms with Gasteiger partial charge in [-0.2, -0.15) is 18.2 Å². The van der Waals surface area contributed by atoms with Gasteiger partial charge in [-0.15, -0.1) is 0 Å². The molecular weight excluding hydrogens is 432 g/mol. The number of hydrogen-bond acceptors (Lipinski definition) is 6. The number of fused-ring (bicyclic) bond motifs is 1. The number of nitrogens with zero attached hydrogens (tertiary/aromatic N) is 3. The summed E-state index contributed by atoms with van der Waals surface area (Å²) in [6.07, 6.45) is -4.06. The van der Waals surface area contributed by atoms with Crippen molar-refractivity contribution in [2.24, 2.45) is 0 Å². The average Bonchev–Trinajstić information content (AvgIpc) is 3.12. The number of nitrogen functional groups attached to an aromatic ring is 1. The summed E-state index contributed by atoms with van der Waals surface area (Å²) in [5, 5.41) is 0.406. The fourth-order valence-corrected chi connectivity index (χ4v) is 3.14. The van der Waals surface area contributed by atoms with E-state index in [9.17, 15) is 13.2 Å². The van der Waals surface area contributed by atoms with E-state index in [-0.39, 0.29) is 22.8 Å². The van der Waals surface area contributed by atoms with Crippen LogP contribution in [-0.4, -0.2) is 16.8 Å². The number of aromatic nitrogens is 2. The Bertz CT molecular complexity index is 1100. The van der Waals surface area contributed by atoms with Gasteiger partial charge < -0.3 is 15.2 Å². The molecule has 3 aromatic rings. The molecule has 0 aliphatic carbocycles. The van der Waals surface area contributed by atoms with Crippen LogP contribution in [0.3, 0.4) is 0 Å². The maximum Gasteiger partial charge on any atom is 0.421 e. The molecule has 2 N–H and O–H groups in total. The SMILES string of the molecule is Nc1nc(N(c2ccc3c(c2)OCO3)c2cccc(Cl)c2Cl)ncc1C(F)(F)F. The topological polar surface area (TPSA) is 73.5 Å². The molecule has 2 aromatic carbocycles. The lowest BCUT2D eigenvalue weighted by Gasteiger charge is -2.25. The summed E-state index contributed by atoms with van der Waals surface area (Å²) < 4.78 is 49.8. The molecule has 29 heavy (non-hydrogen) atoms. The van der Waals surface area contributed by atoms with Gasteiger partial charge in [0, 0.05) is 12.3 Å². The number of alkyl halides is 3. The number of nitrogens with two attached hydrogens (primary N) is 1. The Labute approximate surface area is 172 Å². The predicted molar refractivity (Wildman–Crippen MR) is 102 cm³/mol. The van der Waals surface area contributed by atoms with Gasteiger partial charge in [-0.25, -0.2) is 4.98 Å². The van der Waals surface area contributed by atoms with Gasteiger partial charge in [0.2, 0.25) is 12.7 Å². The standard InChI is InChI=1S/C18H11Cl2F3N4O2/c19-11-2-1-3-12(15(11)20)27(9-4-5-13-14(6-9)29-8-28-13)17-25-7-10(16(24)26-17)18(21,22)23/h1-7H,8H2,(H2,24,25,26). The summed E-state index contributed by atoms with van der Waals surface area (Å²) in [5.74, 6) is 0.134. The van der Waals surface area contributed by atoms with Gasteiger partial charge >= 0.3 is 6.18 Å². The first-order valence-corrected chi connectivity index (χ1v) is 8.85. The first kappa shape index (κ1) is 19.4. The maximum atomic E-state index is 13.1. The van der Waals surface area contributed by atoms with Crippen molar-refractivity contribution >= 4 is 46.3 Å². The number of benzene rings is 2. The molecule has 0 bridgehead atoms. The highest BCUT2D eigenvalue weighted by molar-refractivity contribution is 6.43. The van der Waals surface area contributed by atoms with Crippen LogP contribution in [0.25, 0.3) is 0 Å². The van der Waals surface area contributed by atoms with Crippen molar-refractivity contribution in [1.29, 1.82) is 0 Å². The van der Waals surface area contributed by atoms with Crippen molar-refractivity contribution in [2.45, 2.75) is 6.18 Å². The van der Waals surface area contributed by atoms with Gasteiger partial charge in [0.25, 0.3) is 0 Å². The maximum absolute atomic E-state index is 13.1. The van der Waals surface area contributed by atoms with Crippen LogP contribution in [0.2, 0.25) is 10.0 Å². The summed E-state index contributed by atoms with van der Waals surface area (Å²) in [4.78, 5) is 9.14. The second-order valence-electron chi connectivity index (χ2n) is 5.91. The first-order valence-electron chi connectivity index (χ1n) is 8.09. The quantitative estimate of drug-likeness (QED) is 0.570. The lowest BCUT2D eigenvalue weighted by Crippen LogP contribution is -2.17. The van der Waals surface area contributed by atoms with E-state index in [4.69, 9.17) is 38.4 Å². The molecule has 150 valence electrons. The summed E-state index contributed by atoms with van der Waals surface area (Å²) in [5.41, 5.74) is 5.22. The van der Waals surface area contributed by atoms with Crippen LogP contribution in [0.15, 0.2) is 42.6 Å². The predicted octanol–water partition coefficient (Wildman–Crippen LogP) is 5.58. The molecule has 0 unspecified atom stereocenters. The number of hydrogen-bond donors (Lipinski definition) is 1. The molecule has 0 amide bonds. The molecule has 1 aromatic heterocycles. The zero-order chi connectivity index (χ0) is 20.8. The number of rotatable bonds is 3. The first-order chi connectivity index (χ1) is 13.8. The van der Waals surface area contributed by atoms with Gasteiger partial charge in [0.15, 0.2) is 11.5 Å². The number of ether oxygens (including phenoxy) is 2. The minimum Gasteiger partial charge on any atom is -0.454 e. The van der Waals surface area contributed by atoms with Gasteiger partial charge in [-0.05, 0) is 24.3 Å². The van der Waals surface area contributed by atoms with Crippen LogP contribution < -0.4 is 20.1 Å². The minimum absolute atomic E-state index is 0.0560. The molecule has 0 atom stereocenters. The fourth-order valence-electron chi connectivity index (χ4n) is 2.76. The van der Waals surface area contributed by atoms with Gasteiger partial charge in [-0.3, -0.25) is 4.90 Å². The normalized spacial score (nSPS) is 12.9. The Morgan fingerprint density at radius 1 is 1.07 bits per heavy atom. The highest BCUT2D eigenvalue weighted by atomic mass is 35.5. The van der Waals surface area contributed by atoms with E-state index in [1.54, 1.807) is 36.4 Å². The molecule has 0 saturated carbocycles. The fraction of sp³-hybridized carbons (Fsp3) is 0.111. The summed E-state index contributed by atoms with van der Waals surface area (Å²) in [6.45, 7) is 0.0560. The highest BCUT2D eigenvalue weighted by Crippen LogP contribution is 2.44. The molecule has 0 radical (unpaired) electrons. The highest BCUT2D eigenvalue weighted by Gasteiger charge is 2.35. The monoisotopic (exact) mass is 442 g/mol. The number of halogens is 5. The lowest BCUT2D eigenvalue weighted by molar-refractivity contribution is -0.137. The van der Waals surface area contributed by atoms with Crippen molar-refractivity contribution in [3.63, 3.8) is 0 Å². The third-order valence-electron chi connectivity index (χ3n) is 4.10. The smallest absolute Gasteiger partial charge is 0.421 e. The van der Waals surface area contributed by atoms with E-state index in [1.807, 2.05) is 0 Å². The van der Waals surface area contributed by atoms with E-state index in [2.05, 4.69) is 9.97 Å². The van der Waals surface area contributed by atoms with Crippen LogP contribution >= 0.6 is 23.2 Å². The molecule has 1 aliphatic heterocycles. The van der Waals surface area contributed by atoms with Crippen molar-refractivity contribution in [3.8, 4) is 11.5 Å². The minimum atomic E-state index is -4.68. The van der Waals surface area contributed by atoms with Crippen molar-refractivity contribution < 1.29 is 22.6 Å². The Kier molecular flexibility index (Phi) is 4.79. The third kappa shape index (κ3) is 3.58. The zero-order valence-corrected chi connectivity index (χ0v) is 15.9. The Balaban J connectivity index is 1.90. The van der Waals surface area contributed by atoms with E-state index in [1.165, 1.54) is 4.90 Å². The van der Waals surface area contributed by atoms with E-state index >= 15 is 0 Å². The lowest BCUT2D eigenvalue weighted by atomic mass is 10.2. The van der Waals surface area contributed by atoms with Crippen molar-refractivity contribution in [2.75, 3.05) is 17.4 Å². The van der Waals surface area contributed by atoms with Gasteiger partial charge in [0.05, 0.1) is 21.4 Å². The van der Waals surface area contributed by atoms with E-state index in [0.717, 1.165) is 0 Å². The molecule has 0 saturated heterocycles. The Morgan fingerprint density at radius 3 is 2.55 bits per heavy atom. The van der Waals surface area contributed by atoms with E-state index in [0.29, 0.717) is 29.1 Å².